The van der Waals surface area contributed by atoms with Crippen molar-refractivity contribution in [1.82, 2.24) is 0 Å². The number of carbonyl (C=O) groups excluding carboxylic acids is 1. The predicted molar refractivity (Wildman–Crippen MR) is 114 cm³/mol. The van der Waals surface area contributed by atoms with Crippen molar-refractivity contribution in [1.29, 1.82) is 0 Å². The number of Topliss-reactive ketones (excluding diaryl/α,β-unsaturated/α-hetero) is 1. The van der Waals surface area contributed by atoms with Gasteiger partial charge in [0.25, 0.3) is 0 Å². The molecule has 0 saturated heterocycles. The molecule has 1 unspecified atom stereocenters. The van der Waals surface area contributed by atoms with E-state index in [4.69, 9.17) is 4.84 Å². The minimum absolute atomic E-state index is 0.0383. The van der Waals surface area contributed by atoms with Crippen LogP contribution in [0.2, 0.25) is 0 Å². The smallest absolute Gasteiger partial charge is 0.168 e. The van der Waals surface area contributed by atoms with E-state index in [1.165, 1.54) is 22.3 Å². The molecular weight excluding hydrogens is 406 g/mol. The second kappa shape index (κ2) is 9.05. The molecule has 27 heavy (non-hydrogen) atoms. The second-order valence-electron chi connectivity index (χ2n) is 7.28. The van der Waals surface area contributed by atoms with Crippen LogP contribution in [0.15, 0.2) is 21.0 Å². The molecule has 0 fully saturated rings. The van der Waals surface area contributed by atoms with Gasteiger partial charge in [0.2, 0.25) is 0 Å². The maximum Gasteiger partial charge on any atom is 0.168 e. The molecule has 0 saturated carbocycles. The van der Waals surface area contributed by atoms with E-state index in [2.05, 4.69) is 48.8 Å². The Morgan fingerprint density at radius 1 is 1.11 bits per heavy atom. The third kappa shape index (κ3) is 4.29. The van der Waals surface area contributed by atoms with Crippen molar-refractivity contribution in [2.24, 2.45) is 5.16 Å². The van der Waals surface area contributed by atoms with E-state index < -0.39 is 0 Å². The third-order valence-corrected chi connectivity index (χ3v) is 6.61. The van der Waals surface area contributed by atoms with Crippen molar-refractivity contribution in [2.45, 2.75) is 73.1 Å². The first kappa shape index (κ1) is 21.7. The van der Waals surface area contributed by atoms with E-state index in [-0.39, 0.29) is 17.5 Å². The van der Waals surface area contributed by atoms with Crippen molar-refractivity contribution in [3.05, 3.63) is 43.6 Å². The van der Waals surface area contributed by atoms with Crippen LogP contribution >= 0.6 is 15.9 Å². The Kier molecular flexibility index (Phi) is 7.26. The lowest BCUT2D eigenvalue weighted by atomic mass is 9.77. The second-order valence-corrected chi connectivity index (χ2v) is 8.08. The molecule has 1 aromatic rings. The monoisotopic (exact) mass is 435 g/mol. The van der Waals surface area contributed by atoms with E-state index >= 15 is 0 Å². The van der Waals surface area contributed by atoms with Crippen LogP contribution in [0.4, 0.5) is 0 Å². The Balaban J connectivity index is 2.48. The molecule has 0 heterocycles. The standard InChI is InChI=1S/C22H30BrNO3/c1-7-9-17(24-27-8-2)21-18(25)10-16(11-19(21)26)20-14(5)12(3)13(4)15(6)22(20)23/h16,25H,7-11H2,1-6H3. The summed E-state index contributed by atoms with van der Waals surface area (Å²) in [7, 11) is 0. The van der Waals surface area contributed by atoms with Gasteiger partial charge in [-0.15, -0.1) is 0 Å². The molecule has 0 radical (unpaired) electrons. The van der Waals surface area contributed by atoms with Crippen LogP contribution in [0.1, 0.15) is 73.3 Å². The molecule has 0 bridgehead atoms. The van der Waals surface area contributed by atoms with E-state index in [0.717, 1.165) is 16.5 Å². The van der Waals surface area contributed by atoms with Gasteiger partial charge in [0, 0.05) is 17.3 Å². The summed E-state index contributed by atoms with van der Waals surface area (Å²) in [5.74, 6) is 0.0340. The Morgan fingerprint density at radius 2 is 1.74 bits per heavy atom. The van der Waals surface area contributed by atoms with Crippen molar-refractivity contribution < 1.29 is 14.7 Å². The first-order valence-electron chi connectivity index (χ1n) is 9.64. The molecule has 2 rings (SSSR count). The number of nitrogens with zero attached hydrogens (tertiary/aromatic N) is 1. The van der Waals surface area contributed by atoms with Gasteiger partial charge in [-0.2, -0.15) is 0 Å². The summed E-state index contributed by atoms with van der Waals surface area (Å²) in [6.07, 6.45) is 2.26. The topological polar surface area (TPSA) is 58.9 Å². The van der Waals surface area contributed by atoms with Gasteiger partial charge in [-0.05, 0) is 74.8 Å². The zero-order valence-electron chi connectivity index (χ0n) is 17.2. The molecule has 0 aliphatic heterocycles. The van der Waals surface area contributed by atoms with Crippen LogP contribution < -0.4 is 0 Å². The molecule has 1 atom stereocenters. The number of aliphatic hydroxyl groups excluding tert-OH is 1. The summed E-state index contributed by atoms with van der Waals surface area (Å²) in [5, 5.41) is 14.8. The molecule has 5 heteroatoms. The molecule has 0 amide bonds. The fourth-order valence-corrected chi connectivity index (χ4v) is 4.72. The molecule has 0 spiro atoms. The summed E-state index contributed by atoms with van der Waals surface area (Å²) in [4.78, 5) is 18.1. The van der Waals surface area contributed by atoms with Crippen LogP contribution in [-0.4, -0.2) is 23.2 Å². The van der Waals surface area contributed by atoms with Crippen molar-refractivity contribution in [3.8, 4) is 0 Å². The Hall–Kier alpha value is -1.62. The number of aliphatic hydroxyl groups is 1. The van der Waals surface area contributed by atoms with Crippen LogP contribution in [0.25, 0.3) is 0 Å². The van der Waals surface area contributed by atoms with E-state index in [9.17, 15) is 9.90 Å². The van der Waals surface area contributed by atoms with E-state index in [0.29, 0.717) is 37.2 Å². The largest absolute Gasteiger partial charge is 0.511 e. The summed E-state index contributed by atoms with van der Waals surface area (Å²) in [6, 6.07) is 0. The van der Waals surface area contributed by atoms with Gasteiger partial charge in [0.15, 0.2) is 5.78 Å². The minimum Gasteiger partial charge on any atom is -0.511 e. The van der Waals surface area contributed by atoms with Gasteiger partial charge in [-0.25, -0.2) is 0 Å². The summed E-state index contributed by atoms with van der Waals surface area (Å²) in [5.41, 5.74) is 6.95. The number of ketones is 1. The van der Waals surface area contributed by atoms with Crippen molar-refractivity contribution in [2.75, 3.05) is 6.61 Å². The zero-order chi connectivity index (χ0) is 20.3. The molecule has 1 N–H and O–H groups in total. The molecule has 1 aliphatic carbocycles. The molecule has 0 aromatic heterocycles. The summed E-state index contributed by atoms with van der Waals surface area (Å²) < 4.78 is 1.05. The highest BCUT2D eigenvalue weighted by Gasteiger charge is 2.33. The third-order valence-electron chi connectivity index (χ3n) is 5.58. The van der Waals surface area contributed by atoms with Crippen molar-refractivity contribution >= 4 is 27.4 Å². The van der Waals surface area contributed by atoms with Gasteiger partial charge in [-0.1, -0.05) is 34.4 Å². The number of oxime groups is 1. The lowest BCUT2D eigenvalue weighted by Crippen LogP contribution is -2.25. The Labute approximate surface area is 170 Å². The first-order chi connectivity index (χ1) is 12.7. The minimum atomic E-state index is -0.0576. The highest BCUT2D eigenvalue weighted by Crippen LogP contribution is 2.42. The average molecular weight is 436 g/mol. The van der Waals surface area contributed by atoms with Crippen LogP contribution in [0.5, 0.6) is 0 Å². The molecule has 148 valence electrons. The maximum atomic E-state index is 13.0. The number of rotatable bonds is 6. The van der Waals surface area contributed by atoms with Crippen molar-refractivity contribution in [3.63, 3.8) is 0 Å². The summed E-state index contributed by atoms with van der Waals surface area (Å²) in [6.45, 7) is 12.7. The number of halogens is 1. The number of hydrogen-bond donors (Lipinski definition) is 1. The van der Waals surface area contributed by atoms with Crippen LogP contribution in [-0.2, 0) is 9.63 Å². The SMILES string of the molecule is CCCC(=NOCC)C1=C(O)CC(c2c(C)c(C)c(C)c(C)c2Br)CC1=O. The number of hydrogen-bond acceptors (Lipinski definition) is 4. The maximum absolute atomic E-state index is 13.0. The Morgan fingerprint density at radius 3 is 2.30 bits per heavy atom. The lowest BCUT2D eigenvalue weighted by molar-refractivity contribution is -0.116. The predicted octanol–water partition coefficient (Wildman–Crippen LogP) is 6.13. The van der Waals surface area contributed by atoms with Gasteiger partial charge in [-0.3, -0.25) is 4.79 Å². The molecule has 1 aromatic carbocycles. The lowest BCUT2D eigenvalue weighted by Gasteiger charge is -2.28. The van der Waals surface area contributed by atoms with Gasteiger partial charge in [0.1, 0.15) is 12.4 Å². The van der Waals surface area contributed by atoms with E-state index in [1.807, 2.05) is 13.8 Å². The van der Waals surface area contributed by atoms with E-state index in [1.54, 1.807) is 0 Å². The highest BCUT2D eigenvalue weighted by molar-refractivity contribution is 9.10. The van der Waals surface area contributed by atoms with Crippen LogP contribution in [0.3, 0.4) is 0 Å². The number of carbonyl (C=O) groups is 1. The fraction of sp³-hybridized carbons (Fsp3) is 0.545. The first-order valence-corrected chi connectivity index (χ1v) is 10.4. The quantitative estimate of drug-likeness (QED) is 0.431. The molecular formula is C22H30BrNO3. The number of allylic oxidation sites excluding steroid dienone is 2. The zero-order valence-corrected chi connectivity index (χ0v) is 18.8. The highest BCUT2D eigenvalue weighted by atomic mass is 79.9. The van der Waals surface area contributed by atoms with Gasteiger partial charge < -0.3 is 9.94 Å². The van der Waals surface area contributed by atoms with Gasteiger partial charge in [0.05, 0.1) is 11.3 Å². The number of benzene rings is 1. The van der Waals surface area contributed by atoms with Gasteiger partial charge >= 0.3 is 0 Å². The average Bonchev–Trinajstić information content (AvgIpc) is 2.62. The molecule has 4 nitrogen and oxygen atoms in total. The Bertz CT molecular complexity index is 779. The van der Waals surface area contributed by atoms with Crippen LogP contribution in [0, 0.1) is 27.7 Å². The molecule has 1 aliphatic rings. The normalized spacial score (nSPS) is 18.3. The fourth-order valence-electron chi connectivity index (χ4n) is 3.80. The summed E-state index contributed by atoms with van der Waals surface area (Å²) >= 11 is 3.74.